The number of primary amides is 1. The smallest absolute Gasteiger partial charge is 0.255 e. The van der Waals surface area contributed by atoms with Gasteiger partial charge in [-0.05, 0) is 42.7 Å². The van der Waals surface area contributed by atoms with Gasteiger partial charge in [0.25, 0.3) is 5.91 Å². The van der Waals surface area contributed by atoms with Gasteiger partial charge in [-0.2, -0.15) is 0 Å². The predicted molar refractivity (Wildman–Crippen MR) is 84.4 cm³/mol. The molecule has 0 saturated heterocycles. The number of carbonyl (C=O) groups is 1. The summed E-state index contributed by atoms with van der Waals surface area (Å²) >= 11 is 0. The molecule has 21 heavy (non-hydrogen) atoms. The Kier molecular flexibility index (Phi) is 4.82. The molecule has 110 valence electrons. The van der Waals surface area contributed by atoms with E-state index < -0.39 is 5.91 Å². The molecule has 3 N–H and O–H groups in total. The Morgan fingerprint density at radius 3 is 2.67 bits per heavy atom. The standard InChI is InChI=1S/C17H20N2O2/c1-12-6-7-14(8-13(12)2)10-19-15-4-3-5-16(9-15)21-11-17(18)20/h3-9,19H,10-11H2,1-2H3,(H2,18,20). The van der Waals surface area contributed by atoms with E-state index in [4.69, 9.17) is 10.5 Å². The van der Waals surface area contributed by atoms with Gasteiger partial charge in [0.1, 0.15) is 5.75 Å². The van der Waals surface area contributed by atoms with E-state index in [1.807, 2.05) is 18.2 Å². The maximum absolute atomic E-state index is 10.7. The van der Waals surface area contributed by atoms with Crippen LogP contribution >= 0.6 is 0 Å². The first-order chi connectivity index (χ1) is 10.0. The van der Waals surface area contributed by atoms with E-state index in [0.717, 1.165) is 12.2 Å². The number of aryl methyl sites for hydroxylation is 2. The van der Waals surface area contributed by atoms with Crippen molar-refractivity contribution < 1.29 is 9.53 Å². The first kappa shape index (κ1) is 14.9. The molecule has 4 nitrogen and oxygen atoms in total. The third-order valence-electron chi connectivity index (χ3n) is 3.28. The SMILES string of the molecule is Cc1ccc(CNc2cccc(OCC(N)=O)c2)cc1C. The van der Waals surface area contributed by atoms with Crippen molar-refractivity contribution in [2.45, 2.75) is 20.4 Å². The molecular formula is C17H20N2O2. The lowest BCUT2D eigenvalue weighted by molar-refractivity contribution is -0.119. The van der Waals surface area contributed by atoms with Crippen LogP contribution in [0.5, 0.6) is 5.75 Å². The molecule has 2 aromatic carbocycles. The van der Waals surface area contributed by atoms with Gasteiger partial charge >= 0.3 is 0 Å². The van der Waals surface area contributed by atoms with Crippen LogP contribution in [0.25, 0.3) is 0 Å². The van der Waals surface area contributed by atoms with E-state index in [-0.39, 0.29) is 6.61 Å². The number of hydrogen-bond donors (Lipinski definition) is 2. The van der Waals surface area contributed by atoms with Crippen molar-refractivity contribution in [1.82, 2.24) is 0 Å². The Balaban J connectivity index is 1.97. The van der Waals surface area contributed by atoms with Crippen molar-refractivity contribution in [1.29, 1.82) is 0 Å². The number of carbonyl (C=O) groups excluding carboxylic acids is 1. The van der Waals surface area contributed by atoms with Crippen molar-refractivity contribution in [2.75, 3.05) is 11.9 Å². The Morgan fingerprint density at radius 1 is 1.14 bits per heavy atom. The minimum absolute atomic E-state index is 0.111. The summed E-state index contributed by atoms with van der Waals surface area (Å²) in [6, 6.07) is 13.9. The molecule has 0 spiro atoms. The number of benzene rings is 2. The number of rotatable bonds is 6. The molecule has 0 aliphatic rings. The van der Waals surface area contributed by atoms with Crippen molar-refractivity contribution in [2.24, 2.45) is 5.73 Å². The fourth-order valence-corrected chi connectivity index (χ4v) is 1.97. The zero-order chi connectivity index (χ0) is 15.2. The second-order valence-corrected chi connectivity index (χ2v) is 5.05. The van der Waals surface area contributed by atoms with Crippen LogP contribution in [0.3, 0.4) is 0 Å². The van der Waals surface area contributed by atoms with Gasteiger partial charge in [-0.25, -0.2) is 0 Å². The van der Waals surface area contributed by atoms with Gasteiger partial charge in [0.15, 0.2) is 6.61 Å². The Hall–Kier alpha value is -2.49. The average molecular weight is 284 g/mol. The topological polar surface area (TPSA) is 64.3 Å². The Labute approximate surface area is 124 Å². The highest BCUT2D eigenvalue weighted by molar-refractivity contribution is 5.75. The molecule has 0 aliphatic heterocycles. The van der Waals surface area contributed by atoms with Crippen molar-refractivity contribution in [3.05, 3.63) is 59.2 Å². The van der Waals surface area contributed by atoms with Crippen LogP contribution in [0.4, 0.5) is 5.69 Å². The minimum atomic E-state index is -0.483. The highest BCUT2D eigenvalue weighted by atomic mass is 16.5. The van der Waals surface area contributed by atoms with E-state index in [9.17, 15) is 4.79 Å². The summed E-state index contributed by atoms with van der Waals surface area (Å²) < 4.78 is 5.28. The van der Waals surface area contributed by atoms with Gasteiger partial charge in [-0.3, -0.25) is 4.79 Å². The molecule has 0 radical (unpaired) electrons. The van der Waals surface area contributed by atoms with Gasteiger partial charge in [0.2, 0.25) is 0 Å². The Bertz CT molecular complexity index is 638. The number of anilines is 1. The van der Waals surface area contributed by atoms with Crippen LogP contribution in [-0.2, 0) is 11.3 Å². The summed E-state index contributed by atoms with van der Waals surface area (Å²) in [7, 11) is 0. The molecule has 2 aromatic rings. The van der Waals surface area contributed by atoms with E-state index in [1.165, 1.54) is 16.7 Å². The molecule has 0 atom stereocenters. The number of ether oxygens (including phenoxy) is 1. The first-order valence-electron chi connectivity index (χ1n) is 6.86. The molecule has 4 heteroatoms. The van der Waals surface area contributed by atoms with Crippen molar-refractivity contribution >= 4 is 11.6 Å². The molecule has 0 fully saturated rings. The van der Waals surface area contributed by atoms with E-state index in [0.29, 0.717) is 5.75 Å². The lowest BCUT2D eigenvalue weighted by Gasteiger charge is -2.10. The van der Waals surface area contributed by atoms with Crippen molar-refractivity contribution in [3.8, 4) is 5.75 Å². The summed E-state index contributed by atoms with van der Waals surface area (Å²) in [5, 5.41) is 3.34. The molecule has 0 saturated carbocycles. The number of nitrogens with two attached hydrogens (primary N) is 1. The normalized spacial score (nSPS) is 10.2. The second-order valence-electron chi connectivity index (χ2n) is 5.05. The fraction of sp³-hybridized carbons (Fsp3) is 0.235. The molecule has 0 aromatic heterocycles. The maximum Gasteiger partial charge on any atom is 0.255 e. The monoisotopic (exact) mass is 284 g/mol. The number of nitrogens with one attached hydrogen (secondary N) is 1. The van der Waals surface area contributed by atoms with Crippen LogP contribution in [0, 0.1) is 13.8 Å². The van der Waals surface area contributed by atoms with Crippen LogP contribution < -0.4 is 15.8 Å². The van der Waals surface area contributed by atoms with Crippen LogP contribution in [0.15, 0.2) is 42.5 Å². The summed E-state index contributed by atoms with van der Waals surface area (Å²) in [5.74, 6) is 0.141. The van der Waals surface area contributed by atoms with Crippen LogP contribution in [0.2, 0.25) is 0 Å². The lowest BCUT2D eigenvalue weighted by Crippen LogP contribution is -2.20. The van der Waals surface area contributed by atoms with Crippen LogP contribution in [-0.4, -0.2) is 12.5 Å². The molecule has 2 rings (SSSR count). The molecule has 0 aliphatic carbocycles. The molecule has 0 bridgehead atoms. The zero-order valence-electron chi connectivity index (χ0n) is 12.3. The maximum atomic E-state index is 10.7. The average Bonchev–Trinajstić information content (AvgIpc) is 2.47. The largest absolute Gasteiger partial charge is 0.484 e. The molecule has 1 amide bonds. The third kappa shape index (κ3) is 4.53. The summed E-state index contributed by atoms with van der Waals surface area (Å²) in [4.78, 5) is 10.7. The highest BCUT2D eigenvalue weighted by Crippen LogP contribution is 2.18. The highest BCUT2D eigenvalue weighted by Gasteiger charge is 2.00. The van der Waals surface area contributed by atoms with Gasteiger partial charge in [-0.1, -0.05) is 24.3 Å². The third-order valence-corrected chi connectivity index (χ3v) is 3.28. The van der Waals surface area contributed by atoms with Gasteiger partial charge in [-0.15, -0.1) is 0 Å². The van der Waals surface area contributed by atoms with Crippen molar-refractivity contribution in [3.63, 3.8) is 0 Å². The van der Waals surface area contributed by atoms with E-state index in [2.05, 4.69) is 37.4 Å². The summed E-state index contributed by atoms with van der Waals surface area (Å²) in [6.45, 7) is 4.84. The minimum Gasteiger partial charge on any atom is -0.484 e. The molecule has 0 unspecified atom stereocenters. The number of hydrogen-bond acceptors (Lipinski definition) is 3. The predicted octanol–water partition coefficient (Wildman–Crippen LogP) is 2.78. The second kappa shape index (κ2) is 6.79. The fourth-order valence-electron chi connectivity index (χ4n) is 1.97. The van der Waals surface area contributed by atoms with Crippen LogP contribution in [0.1, 0.15) is 16.7 Å². The Morgan fingerprint density at radius 2 is 1.95 bits per heavy atom. The number of amides is 1. The zero-order valence-corrected chi connectivity index (χ0v) is 12.3. The summed E-state index contributed by atoms with van der Waals surface area (Å²) in [5.41, 5.74) is 9.80. The quantitative estimate of drug-likeness (QED) is 0.857. The van der Waals surface area contributed by atoms with Gasteiger partial charge < -0.3 is 15.8 Å². The summed E-state index contributed by atoms with van der Waals surface area (Å²) in [6.07, 6.45) is 0. The van der Waals surface area contributed by atoms with E-state index >= 15 is 0 Å². The van der Waals surface area contributed by atoms with E-state index in [1.54, 1.807) is 6.07 Å². The lowest BCUT2D eigenvalue weighted by atomic mass is 10.1. The molecule has 0 heterocycles. The van der Waals surface area contributed by atoms with Gasteiger partial charge in [0, 0.05) is 18.3 Å². The molecular weight excluding hydrogens is 264 g/mol. The van der Waals surface area contributed by atoms with Gasteiger partial charge in [0.05, 0.1) is 0 Å². The first-order valence-corrected chi connectivity index (χ1v) is 6.86.